The number of carbonyl (C=O) groups is 1. The van der Waals surface area contributed by atoms with Crippen LogP contribution in [0.5, 0.6) is 0 Å². The van der Waals surface area contributed by atoms with Gasteiger partial charge >= 0.3 is 0 Å². The average Bonchev–Trinajstić information content (AvgIpc) is 3.12. The van der Waals surface area contributed by atoms with Crippen LogP contribution in [0.1, 0.15) is 36.2 Å². The van der Waals surface area contributed by atoms with E-state index in [2.05, 4.69) is 10.00 Å². The van der Waals surface area contributed by atoms with Crippen LogP contribution >= 0.6 is 0 Å². The van der Waals surface area contributed by atoms with Crippen molar-refractivity contribution in [2.24, 2.45) is 7.05 Å². The van der Waals surface area contributed by atoms with E-state index in [1.807, 2.05) is 11.9 Å². The summed E-state index contributed by atoms with van der Waals surface area (Å²) in [6.45, 7) is 4.67. The maximum Gasteiger partial charge on any atom is 0.274 e. The maximum atomic E-state index is 12.3. The summed E-state index contributed by atoms with van der Waals surface area (Å²) in [6, 6.07) is 2.33. The largest absolute Gasteiger partial charge is 0.370 e. The second-order valence-electron chi connectivity index (χ2n) is 6.98. The minimum absolute atomic E-state index is 0.0243. The Morgan fingerprint density at radius 3 is 2.77 bits per heavy atom. The zero-order valence-corrected chi connectivity index (χ0v) is 13.2. The standard InChI is InChI=1S/C16H24N4O2/c1-18-8-5-14(17-18)15(21)20-11-16(12-20)9-13(10-22-16)19-6-3-2-4-7-19/h5,8,13H,2-4,6-7,9-12H2,1H3. The molecule has 4 rings (SSSR count). The Bertz CT molecular complexity index is 558. The van der Waals surface area contributed by atoms with Gasteiger partial charge in [-0.05, 0) is 38.4 Å². The van der Waals surface area contributed by atoms with E-state index >= 15 is 0 Å². The predicted octanol–water partition coefficient (Wildman–Crippen LogP) is 0.889. The van der Waals surface area contributed by atoms with Gasteiger partial charge < -0.3 is 9.64 Å². The predicted molar refractivity (Wildman–Crippen MR) is 81.6 cm³/mol. The summed E-state index contributed by atoms with van der Waals surface area (Å²) in [6.07, 6.45) is 6.86. The van der Waals surface area contributed by atoms with Crippen molar-refractivity contribution in [2.45, 2.75) is 37.3 Å². The SMILES string of the molecule is Cn1ccc(C(=O)N2CC3(CC(N4CCCCC4)CO3)C2)n1. The molecule has 1 unspecified atom stereocenters. The van der Waals surface area contributed by atoms with Gasteiger partial charge in [-0.15, -0.1) is 0 Å². The van der Waals surface area contributed by atoms with Crippen LogP contribution in [0.15, 0.2) is 12.3 Å². The van der Waals surface area contributed by atoms with Gasteiger partial charge in [0.25, 0.3) is 5.91 Å². The summed E-state index contributed by atoms with van der Waals surface area (Å²) < 4.78 is 7.77. The van der Waals surface area contributed by atoms with Gasteiger partial charge in [0.05, 0.1) is 19.7 Å². The Morgan fingerprint density at radius 1 is 1.32 bits per heavy atom. The first-order valence-corrected chi connectivity index (χ1v) is 8.32. The molecular weight excluding hydrogens is 280 g/mol. The minimum Gasteiger partial charge on any atom is -0.370 e. The molecule has 22 heavy (non-hydrogen) atoms. The lowest BCUT2D eigenvalue weighted by Gasteiger charge is -2.47. The van der Waals surface area contributed by atoms with Gasteiger partial charge in [-0.1, -0.05) is 6.42 Å². The summed E-state index contributed by atoms with van der Waals surface area (Å²) >= 11 is 0. The highest BCUT2D eigenvalue weighted by molar-refractivity contribution is 5.93. The normalized spacial score (nSPS) is 28.0. The Hall–Kier alpha value is -1.40. The van der Waals surface area contributed by atoms with Crippen LogP contribution in [0.3, 0.4) is 0 Å². The van der Waals surface area contributed by atoms with E-state index in [-0.39, 0.29) is 11.5 Å². The van der Waals surface area contributed by atoms with Crippen molar-refractivity contribution in [1.82, 2.24) is 19.6 Å². The van der Waals surface area contributed by atoms with Crippen LogP contribution < -0.4 is 0 Å². The number of hydrogen-bond acceptors (Lipinski definition) is 4. The molecule has 3 saturated heterocycles. The number of ether oxygens (including phenoxy) is 1. The number of rotatable bonds is 2. The van der Waals surface area contributed by atoms with Crippen LogP contribution in [-0.2, 0) is 11.8 Å². The molecule has 1 spiro atoms. The summed E-state index contributed by atoms with van der Waals surface area (Å²) in [4.78, 5) is 16.8. The molecule has 3 aliphatic heterocycles. The summed E-state index contributed by atoms with van der Waals surface area (Å²) in [5.41, 5.74) is 0.440. The number of hydrogen-bond donors (Lipinski definition) is 0. The molecule has 0 bridgehead atoms. The third kappa shape index (κ3) is 2.44. The number of piperidine rings is 1. The van der Waals surface area contributed by atoms with Gasteiger partial charge in [-0.3, -0.25) is 14.4 Å². The first kappa shape index (κ1) is 14.2. The first-order chi connectivity index (χ1) is 10.7. The van der Waals surface area contributed by atoms with Crippen molar-refractivity contribution in [3.63, 3.8) is 0 Å². The Kier molecular flexibility index (Phi) is 3.46. The van der Waals surface area contributed by atoms with Crippen molar-refractivity contribution >= 4 is 5.91 Å². The first-order valence-electron chi connectivity index (χ1n) is 8.32. The van der Waals surface area contributed by atoms with E-state index in [4.69, 9.17) is 4.74 Å². The molecule has 0 aromatic carbocycles. The third-order valence-corrected chi connectivity index (χ3v) is 5.27. The number of likely N-dealkylation sites (tertiary alicyclic amines) is 2. The van der Waals surface area contributed by atoms with Crippen molar-refractivity contribution in [3.8, 4) is 0 Å². The fourth-order valence-corrected chi connectivity index (χ4v) is 4.04. The molecule has 6 heteroatoms. The number of nitrogens with zero attached hydrogens (tertiary/aromatic N) is 4. The zero-order chi connectivity index (χ0) is 15.2. The van der Waals surface area contributed by atoms with E-state index in [1.54, 1.807) is 16.9 Å². The molecule has 1 atom stereocenters. The van der Waals surface area contributed by atoms with Crippen LogP contribution in [0.25, 0.3) is 0 Å². The van der Waals surface area contributed by atoms with E-state index in [0.717, 1.165) is 13.0 Å². The smallest absolute Gasteiger partial charge is 0.274 e. The lowest BCUT2D eigenvalue weighted by atomic mass is 9.88. The van der Waals surface area contributed by atoms with Gasteiger partial charge in [-0.25, -0.2) is 0 Å². The molecule has 3 aliphatic rings. The van der Waals surface area contributed by atoms with Gasteiger partial charge in [0.2, 0.25) is 0 Å². The Labute approximate surface area is 131 Å². The molecule has 4 heterocycles. The van der Waals surface area contributed by atoms with E-state index in [0.29, 0.717) is 24.8 Å². The molecular formula is C16H24N4O2. The average molecular weight is 304 g/mol. The molecule has 1 amide bonds. The fourth-order valence-electron chi connectivity index (χ4n) is 4.04. The molecule has 0 aliphatic carbocycles. The van der Waals surface area contributed by atoms with E-state index in [1.165, 1.54) is 32.4 Å². The Balaban J connectivity index is 1.34. The summed E-state index contributed by atoms with van der Waals surface area (Å²) in [5, 5.41) is 4.19. The third-order valence-electron chi connectivity index (χ3n) is 5.27. The van der Waals surface area contributed by atoms with Gasteiger partial charge in [0.15, 0.2) is 0 Å². The van der Waals surface area contributed by atoms with E-state index < -0.39 is 0 Å². The lowest BCUT2D eigenvalue weighted by molar-refractivity contribution is -0.0952. The van der Waals surface area contributed by atoms with Crippen molar-refractivity contribution in [3.05, 3.63) is 18.0 Å². The quantitative estimate of drug-likeness (QED) is 0.814. The molecule has 120 valence electrons. The van der Waals surface area contributed by atoms with Crippen molar-refractivity contribution in [2.75, 3.05) is 32.8 Å². The lowest BCUT2D eigenvalue weighted by Crippen LogP contribution is -2.63. The van der Waals surface area contributed by atoms with Crippen molar-refractivity contribution < 1.29 is 9.53 Å². The van der Waals surface area contributed by atoms with Crippen LogP contribution in [0.4, 0.5) is 0 Å². The van der Waals surface area contributed by atoms with E-state index in [9.17, 15) is 4.79 Å². The van der Waals surface area contributed by atoms with Gasteiger partial charge in [0, 0.05) is 19.3 Å². The molecule has 6 nitrogen and oxygen atoms in total. The van der Waals surface area contributed by atoms with Crippen molar-refractivity contribution in [1.29, 1.82) is 0 Å². The number of aromatic nitrogens is 2. The summed E-state index contributed by atoms with van der Waals surface area (Å²) in [7, 11) is 1.83. The van der Waals surface area contributed by atoms with Gasteiger partial charge in [-0.2, -0.15) is 5.10 Å². The molecule has 0 radical (unpaired) electrons. The van der Waals surface area contributed by atoms with Crippen LogP contribution in [0.2, 0.25) is 0 Å². The molecule has 1 aromatic heterocycles. The maximum absolute atomic E-state index is 12.3. The highest BCUT2D eigenvalue weighted by atomic mass is 16.5. The van der Waals surface area contributed by atoms with Crippen LogP contribution in [0, 0.1) is 0 Å². The zero-order valence-electron chi connectivity index (χ0n) is 13.2. The molecule has 0 N–H and O–H groups in total. The highest BCUT2D eigenvalue weighted by Gasteiger charge is 2.52. The molecule has 3 fully saturated rings. The number of amides is 1. The summed E-state index contributed by atoms with van der Waals surface area (Å²) in [5.74, 6) is 0.0243. The molecule has 0 saturated carbocycles. The molecule has 1 aromatic rings. The monoisotopic (exact) mass is 304 g/mol. The van der Waals surface area contributed by atoms with Crippen LogP contribution in [-0.4, -0.2) is 69.9 Å². The Morgan fingerprint density at radius 2 is 2.09 bits per heavy atom. The van der Waals surface area contributed by atoms with Gasteiger partial charge in [0.1, 0.15) is 11.3 Å². The highest BCUT2D eigenvalue weighted by Crippen LogP contribution is 2.38. The minimum atomic E-state index is -0.0907. The number of carbonyl (C=O) groups excluding carboxylic acids is 1. The second-order valence-corrected chi connectivity index (χ2v) is 6.98. The fraction of sp³-hybridized carbons (Fsp3) is 0.750. The topological polar surface area (TPSA) is 50.6 Å². The second kappa shape index (κ2) is 5.35. The number of aryl methyl sites for hydroxylation is 1.